The molecule has 0 aliphatic heterocycles. The minimum Gasteiger partial charge on any atom is -0.398 e. The maximum absolute atomic E-state index is 12.3. The number of halogens is 3. The van der Waals surface area contributed by atoms with Crippen LogP contribution in [0, 0.1) is 0 Å². The van der Waals surface area contributed by atoms with E-state index < -0.39 is 11.7 Å². The molecule has 5 heteroatoms. The Morgan fingerprint density at radius 2 is 2.00 bits per heavy atom. The predicted molar refractivity (Wildman–Crippen MR) is 52.6 cm³/mol. The molecule has 14 heavy (non-hydrogen) atoms. The van der Waals surface area contributed by atoms with Gasteiger partial charge in [-0.15, -0.1) is 12.6 Å². The molecule has 2 N–H and O–H groups in total. The highest BCUT2D eigenvalue weighted by Gasteiger charge is 2.30. The van der Waals surface area contributed by atoms with E-state index in [-0.39, 0.29) is 5.70 Å². The fourth-order valence-corrected chi connectivity index (χ4v) is 1.10. The first kappa shape index (κ1) is 11.0. The van der Waals surface area contributed by atoms with Gasteiger partial charge in [0.25, 0.3) is 0 Å². The van der Waals surface area contributed by atoms with E-state index in [9.17, 15) is 13.2 Å². The summed E-state index contributed by atoms with van der Waals surface area (Å²) in [5.41, 5.74) is 5.23. The van der Waals surface area contributed by atoms with Crippen LogP contribution in [-0.4, -0.2) is 0 Å². The van der Waals surface area contributed by atoms with Crippen LogP contribution in [0.25, 0.3) is 5.70 Å². The van der Waals surface area contributed by atoms with Crippen LogP contribution in [0.3, 0.4) is 0 Å². The van der Waals surface area contributed by atoms with Gasteiger partial charge in [-0.3, -0.25) is 0 Å². The second kappa shape index (κ2) is 3.96. The lowest BCUT2D eigenvalue weighted by Gasteiger charge is -2.08. The van der Waals surface area contributed by atoms with Crippen molar-refractivity contribution in [3.63, 3.8) is 0 Å². The molecule has 1 aromatic rings. The Hall–Kier alpha value is -1.10. The van der Waals surface area contributed by atoms with E-state index in [4.69, 9.17) is 5.73 Å². The van der Waals surface area contributed by atoms with E-state index in [1.54, 1.807) is 0 Å². The summed E-state index contributed by atoms with van der Waals surface area (Å²) < 4.78 is 36.8. The molecule has 0 heterocycles. The normalized spacial score (nSPS) is 13.0. The van der Waals surface area contributed by atoms with Gasteiger partial charge in [0, 0.05) is 5.70 Å². The molecular formula is C9H8F3NS. The molecule has 0 atom stereocenters. The predicted octanol–water partition coefficient (Wildman–Crippen LogP) is 2.89. The van der Waals surface area contributed by atoms with Crippen LogP contribution in [0.1, 0.15) is 11.1 Å². The summed E-state index contributed by atoms with van der Waals surface area (Å²) in [4.78, 5) is 0. The standard InChI is InChI=1S/C9H8F3NS/c10-9(11,12)7-3-1-2-6(4-7)8(13)5-14/h1-5,14H,13H2/b8-5-. The Morgan fingerprint density at radius 1 is 1.36 bits per heavy atom. The minimum absolute atomic E-state index is 0.208. The Morgan fingerprint density at radius 3 is 2.50 bits per heavy atom. The third-order valence-corrected chi connectivity index (χ3v) is 1.94. The monoisotopic (exact) mass is 219 g/mol. The van der Waals surface area contributed by atoms with E-state index in [0.29, 0.717) is 5.56 Å². The first-order valence-corrected chi connectivity index (χ1v) is 4.24. The van der Waals surface area contributed by atoms with Crippen LogP contribution in [-0.2, 0) is 6.18 Å². The summed E-state index contributed by atoms with van der Waals surface area (Å²) in [6, 6.07) is 4.79. The zero-order valence-corrected chi connectivity index (χ0v) is 7.94. The van der Waals surface area contributed by atoms with Crippen LogP contribution < -0.4 is 5.73 Å². The molecule has 0 bridgehead atoms. The van der Waals surface area contributed by atoms with E-state index in [1.807, 2.05) is 0 Å². The molecule has 76 valence electrons. The molecule has 0 spiro atoms. The molecule has 0 fully saturated rings. The molecule has 0 saturated carbocycles. The van der Waals surface area contributed by atoms with Gasteiger partial charge in [-0.05, 0) is 23.1 Å². The molecule has 1 aromatic carbocycles. The SMILES string of the molecule is N/C(=C\S)c1cccc(C(F)(F)F)c1. The zero-order valence-electron chi connectivity index (χ0n) is 7.05. The largest absolute Gasteiger partial charge is 0.416 e. The molecule has 0 amide bonds. The van der Waals surface area contributed by atoms with Gasteiger partial charge >= 0.3 is 6.18 Å². The number of alkyl halides is 3. The minimum atomic E-state index is -4.34. The fraction of sp³-hybridized carbons (Fsp3) is 0.111. The average Bonchev–Trinajstić information content (AvgIpc) is 2.15. The van der Waals surface area contributed by atoms with Crippen LogP contribution in [0.15, 0.2) is 29.7 Å². The van der Waals surface area contributed by atoms with Crippen molar-refractivity contribution < 1.29 is 13.2 Å². The molecule has 1 nitrogen and oxygen atoms in total. The lowest BCUT2D eigenvalue weighted by molar-refractivity contribution is -0.137. The van der Waals surface area contributed by atoms with Crippen molar-refractivity contribution in [1.29, 1.82) is 0 Å². The first-order valence-electron chi connectivity index (χ1n) is 3.72. The van der Waals surface area contributed by atoms with Crippen LogP contribution >= 0.6 is 12.6 Å². The van der Waals surface area contributed by atoms with Gasteiger partial charge in [-0.1, -0.05) is 12.1 Å². The molecule has 0 unspecified atom stereocenters. The first-order chi connectivity index (χ1) is 6.45. The van der Waals surface area contributed by atoms with Gasteiger partial charge in [0.1, 0.15) is 0 Å². The van der Waals surface area contributed by atoms with Gasteiger partial charge in [0.05, 0.1) is 5.56 Å². The van der Waals surface area contributed by atoms with Crippen molar-refractivity contribution in [2.45, 2.75) is 6.18 Å². The highest BCUT2D eigenvalue weighted by molar-refractivity contribution is 7.83. The molecule has 0 aliphatic carbocycles. The Bertz CT molecular complexity index is 357. The fourth-order valence-electron chi connectivity index (χ4n) is 0.950. The highest BCUT2D eigenvalue weighted by Crippen LogP contribution is 2.30. The van der Waals surface area contributed by atoms with Crippen molar-refractivity contribution in [3.05, 3.63) is 40.8 Å². The number of nitrogens with two attached hydrogens (primary N) is 1. The van der Waals surface area contributed by atoms with Crippen molar-refractivity contribution >= 4 is 18.3 Å². The van der Waals surface area contributed by atoms with E-state index in [1.165, 1.54) is 17.5 Å². The molecule has 0 aliphatic rings. The van der Waals surface area contributed by atoms with Gasteiger partial charge < -0.3 is 5.73 Å². The second-order valence-corrected chi connectivity index (χ2v) is 2.92. The highest BCUT2D eigenvalue weighted by atomic mass is 32.1. The smallest absolute Gasteiger partial charge is 0.398 e. The van der Waals surface area contributed by atoms with Crippen LogP contribution in [0.2, 0.25) is 0 Å². The summed E-state index contributed by atoms with van der Waals surface area (Å²) in [6.07, 6.45) is -4.34. The maximum Gasteiger partial charge on any atom is 0.416 e. The average molecular weight is 219 g/mol. The van der Waals surface area contributed by atoms with Gasteiger partial charge in [0.15, 0.2) is 0 Å². The quantitative estimate of drug-likeness (QED) is 0.698. The lowest BCUT2D eigenvalue weighted by atomic mass is 10.1. The number of benzene rings is 1. The van der Waals surface area contributed by atoms with Crippen molar-refractivity contribution in [1.82, 2.24) is 0 Å². The third-order valence-electron chi connectivity index (χ3n) is 1.66. The lowest BCUT2D eigenvalue weighted by Crippen LogP contribution is -2.06. The summed E-state index contributed by atoms with van der Waals surface area (Å²) in [6.45, 7) is 0. The number of thiol groups is 1. The van der Waals surface area contributed by atoms with Crippen LogP contribution in [0.4, 0.5) is 13.2 Å². The molecule has 1 rings (SSSR count). The topological polar surface area (TPSA) is 26.0 Å². The Balaban J connectivity index is 3.14. The maximum atomic E-state index is 12.3. The number of hydrogen-bond acceptors (Lipinski definition) is 2. The zero-order chi connectivity index (χ0) is 10.8. The Kier molecular flexibility index (Phi) is 3.10. The summed E-state index contributed by atoms with van der Waals surface area (Å²) >= 11 is 3.77. The van der Waals surface area contributed by atoms with Crippen molar-refractivity contribution in [2.75, 3.05) is 0 Å². The summed E-state index contributed by atoms with van der Waals surface area (Å²) in [5, 5.41) is 1.26. The third kappa shape index (κ3) is 2.45. The van der Waals surface area contributed by atoms with Gasteiger partial charge in [-0.25, -0.2) is 0 Å². The molecule has 0 aromatic heterocycles. The van der Waals surface area contributed by atoms with Crippen molar-refractivity contribution in [3.8, 4) is 0 Å². The van der Waals surface area contributed by atoms with Crippen molar-refractivity contribution in [2.24, 2.45) is 5.73 Å². The summed E-state index contributed by atoms with van der Waals surface area (Å²) in [7, 11) is 0. The number of hydrogen-bond donors (Lipinski definition) is 2. The number of rotatable bonds is 1. The molecule has 0 saturated heterocycles. The van der Waals surface area contributed by atoms with Gasteiger partial charge in [-0.2, -0.15) is 13.2 Å². The van der Waals surface area contributed by atoms with Gasteiger partial charge in [0.2, 0.25) is 0 Å². The van der Waals surface area contributed by atoms with Crippen LogP contribution in [0.5, 0.6) is 0 Å². The van der Waals surface area contributed by atoms with E-state index >= 15 is 0 Å². The Labute approximate surface area is 84.8 Å². The molecule has 0 radical (unpaired) electrons. The van der Waals surface area contributed by atoms with E-state index in [0.717, 1.165) is 12.1 Å². The van der Waals surface area contributed by atoms with E-state index in [2.05, 4.69) is 12.6 Å². The second-order valence-electron chi connectivity index (χ2n) is 2.66. The molecular weight excluding hydrogens is 211 g/mol. The summed E-state index contributed by atoms with van der Waals surface area (Å²) in [5.74, 6) is 0.